The summed E-state index contributed by atoms with van der Waals surface area (Å²) in [4.78, 5) is 1.18. The molecule has 1 aromatic heterocycles. The van der Waals surface area contributed by atoms with Gasteiger partial charge in [-0.1, -0.05) is 17.7 Å². The quantitative estimate of drug-likeness (QED) is 0.797. The molecule has 15 heavy (non-hydrogen) atoms. The minimum atomic E-state index is -0.463. The van der Waals surface area contributed by atoms with E-state index in [0.29, 0.717) is 11.4 Å². The number of hydrogen-bond acceptors (Lipinski definition) is 2. The number of thiophene rings is 1. The molecule has 1 aromatic carbocycles. The molecule has 0 radical (unpaired) electrons. The maximum Gasteiger partial charge on any atom is 0.147 e. The zero-order valence-electron chi connectivity index (χ0n) is 7.84. The molecule has 0 unspecified atom stereocenters. The normalized spacial score (nSPS) is 10.5. The van der Waals surface area contributed by atoms with E-state index in [1.807, 2.05) is 17.5 Å². The minimum absolute atomic E-state index is 0.144. The summed E-state index contributed by atoms with van der Waals surface area (Å²) in [5, 5.41) is 2.42. The predicted molar refractivity (Wildman–Crippen MR) is 62.9 cm³/mol. The van der Waals surface area contributed by atoms with E-state index in [1.54, 1.807) is 17.4 Å². The van der Waals surface area contributed by atoms with Crippen LogP contribution in [0.5, 0.6) is 0 Å². The number of rotatable bonds is 2. The van der Waals surface area contributed by atoms with Crippen LogP contribution in [0.25, 0.3) is 0 Å². The van der Waals surface area contributed by atoms with Crippen molar-refractivity contribution in [2.75, 3.05) is 5.73 Å². The molecule has 1 heterocycles. The molecule has 2 rings (SSSR count). The number of anilines is 1. The van der Waals surface area contributed by atoms with Crippen molar-refractivity contribution in [2.45, 2.75) is 6.42 Å². The van der Waals surface area contributed by atoms with Gasteiger partial charge in [0.15, 0.2) is 0 Å². The molecule has 0 amide bonds. The topological polar surface area (TPSA) is 26.0 Å². The molecule has 0 bridgehead atoms. The van der Waals surface area contributed by atoms with Gasteiger partial charge in [-0.15, -0.1) is 11.3 Å². The summed E-state index contributed by atoms with van der Waals surface area (Å²) in [5.74, 6) is -0.463. The van der Waals surface area contributed by atoms with E-state index in [-0.39, 0.29) is 5.69 Å². The van der Waals surface area contributed by atoms with Crippen LogP contribution in [-0.2, 0) is 6.42 Å². The zero-order valence-corrected chi connectivity index (χ0v) is 9.41. The molecule has 0 atom stereocenters. The maximum absolute atomic E-state index is 13.0. The fourth-order valence-electron chi connectivity index (χ4n) is 1.35. The van der Waals surface area contributed by atoms with E-state index in [2.05, 4.69) is 0 Å². The van der Waals surface area contributed by atoms with Gasteiger partial charge in [0, 0.05) is 16.3 Å². The average molecular weight is 242 g/mol. The fourth-order valence-corrected chi connectivity index (χ4v) is 2.29. The third-order valence-corrected chi connectivity index (χ3v) is 3.34. The van der Waals surface area contributed by atoms with Crippen LogP contribution < -0.4 is 5.73 Å². The minimum Gasteiger partial charge on any atom is -0.396 e. The monoisotopic (exact) mass is 241 g/mol. The van der Waals surface area contributed by atoms with Crippen LogP contribution in [0, 0.1) is 5.82 Å². The summed E-state index contributed by atoms with van der Waals surface area (Å²) in [6, 6.07) is 6.85. The third-order valence-electron chi connectivity index (χ3n) is 2.11. The SMILES string of the molecule is Nc1cc(Cc2cccs2)c(Cl)cc1F. The summed E-state index contributed by atoms with van der Waals surface area (Å²) >= 11 is 7.57. The predicted octanol–water partition coefficient (Wildman–Crippen LogP) is 3.71. The first-order valence-electron chi connectivity index (χ1n) is 4.42. The lowest BCUT2D eigenvalue weighted by Crippen LogP contribution is -1.95. The van der Waals surface area contributed by atoms with E-state index in [4.69, 9.17) is 17.3 Å². The summed E-state index contributed by atoms with van der Waals surface area (Å²) < 4.78 is 13.0. The van der Waals surface area contributed by atoms with E-state index in [9.17, 15) is 4.39 Å². The largest absolute Gasteiger partial charge is 0.396 e. The molecule has 78 valence electrons. The smallest absolute Gasteiger partial charge is 0.147 e. The third kappa shape index (κ3) is 2.30. The molecule has 2 N–H and O–H groups in total. The number of nitrogens with two attached hydrogens (primary N) is 1. The lowest BCUT2D eigenvalue weighted by molar-refractivity contribution is 0.632. The van der Waals surface area contributed by atoms with Gasteiger partial charge < -0.3 is 5.73 Å². The van der Waals surface area contributed by atoms with Crippen LogP contribution >= 0.6 is 22.9 Å². The second kappa shape index (κ2) is 4.21. The Morgan fingerprint density at radius 2 is 2.20 bits per heavy atom. The highest BCUT2D eigenvalue weighted by atomic mass is 35.5. The van der Waals surface area contributed by atoms with Crippen molar-refractivity contribution < 1.29 is 4.39 Å². The molecule has 1 nitrogen and oxygen atoms in total. The van der Waals surface area contributed by atoms with Crippen LogP contribution in [0.15, 0.2) is 29.6 Å². The van der Waals surface area contributed by atoms with Gasteiger partial charge >= 0.3 is 0 Å². The molecule has 2 aromatic rings. The maximum atomic E-state index is 13.0. The van der Waals surface area contributed by atoms with Crippen molar-refractivity contribution in [3.05, 3.63) is 50.9 Å². The Hall–Kier alpha value is -1.06. The van der Waals surface area contributed by atoms with Crippen molar-refractivity contribution in [2.24, 2.45) is 0 Å². The van der Waals surface area contributed by atoms with Gasteiger partial charge in [0.05, 0.1) is 5.69 Å². The summed E-state index contributed by atoms with van der Waals surface area (Å²) in [5.41, 5.74) is 6.49. The van der Waals surface area contributed by atoms with E-state index in [1.165, 1.54) is 10.9 Å². The molecule has 0 aliphatic heterocycles. The van der Waals surface area contributed by atoms with Crippen molar-refractivity contribution in [1.82, 2.24) is 0 Å². The first-order valence-corrected chi connectivity index (χ1v) is 5.68. The van der Waals surface area contributed by atoms with Crippen LogP contribution in [0.4, 0.5) is 10.1 Å². The summed E-state index contributed by atoms with van der Waals surface area (Å²) in [7, 11) is 0. The van der Waals surface area contributed by atoms with Gasteiger partial charge in [-0.3, -0.25) is 0 Å². The highest BCUT2D eigenvalue weighted by Gasteiger charge is 2.07. The Bertz CT molecular complexity index is 468. The van der Waals surface area contributed by atoms with Crippen molar-refractivity contribution in [1.29, 1.82) is 0 Å². The zero-order chi connectivity index (χ0) is 10.8. The number of nitrogen functional groups attached to an aromatic ring is 1. The molecular formula is C11H9ClFNS. The molecule has 0 aliphatic carbocycles. The molecule has 0 spiro atoms. The Labute approximate surface area is 96.3 Å². The van der Waals surface area contributed by atoms with E-state index >= 15 is 0 Å². The Kier molecular flexibility index (Phi) is 2.93. The number of benzene rings is 1. The van der Waals surface area contributed by atoms with Gasteiger partial charge in [0.2, 0.25) is 0 Å². The van der Waals surface area contributed by atoms with Gasteiger partial charge in [-0.25, -0.2) is 4.39 Å². The van der Waals surface area contributed by atoms with Crippen molar-refractivity contribution >= 4 is 28.6 Å². The Balaban J connectivity index is 2.33. The van der Waals surface area contributed by atoms with Gasteiger partial charge in [-0.05, 0) is 29.1 Å². The van der Waals surface area contributed by atoms with Gasteiger partial charge in [0.25, 0.3) is 0 Å². The molecule has 0 aliphatic rings. The van der Waals surface area contributed by atoms with Crippen LogP contribution in [0.3, 0.4) is 0 Å². The highest BCUT2D eigenvalue weighted by Crippen LogP contribution is 2.25. The summed E-state index contributed by atoms with van der Waals surface area (Å²) in [6.45, 7) is 0. The first-order chi connectivity index (χ1) is 7.16. The van der Waals surface area contributed by atoms with Crippen LogP contribution in [0.1, 0.15) is 10.4 Å². The number of hydrogen-bond donors (Lipinski definition) is 1. The molecular weight excluding hydrogens is 233 g/mol. The second-order valence-corrected chi connectivity index (χ2v) is 4.66. The van der Waals surface area contributed by atoms with Crippen molar-refractivity contribution in [3.8, 4) is 0 Å². The fraction of sp³-hybridized carbons (Fsp3) is 0.0909. The second-order valence-electron chi connectivity index (χ2n) is 3.22. The Morgan fingerprint density at radius 3 is 2.87 bits per heavy atom. The molecule has 0 saturated carbocycles. The summed E-state index contributed by atoms with van der Waals surface area (Å²) in [6.07, 6.45) is 0.695. The van der Waals surface area contributed by atoms with E-state index in [0.717, 1.165) is 5.56 Å². The van der Waals surface area contributed by atoms with Gasteiger partial charge in [0.1, 0.15) is 5.82 Å². The van der Waals surface area contributed by atoms with Crippen LogP contribution in [0.2, 0.25) is 5.02 Å². The van der Waals surface area contributed by atoms with E-state index < -0.39 is 5.82 Å². The van der Waals surface area contributed by atoms with Crippen molar-refractivity contribution in [3.63, 3.8) is 0 Å². The molecule has 0 saturated heterocycles. The lowest BCUT2D eigenvalue weighted by Gasteiger charge is -2.05. The molecule has 4 heteroatoms. The molecule has 0 fully saturated rings. The first kappa shape index (κ1) is 10.5. The van der Waals surface area contributed by atoms with Crippen LogP contribution in [-0.4, -0.2) is 0 Å². The van der Waals surface area contributed by atoms with Gasteiger partial charge in [-0.2, -0.15) is 0 Å². The standard InChI is InChI=1S/C11H9ClFNS/c12-9-6-10(13)11(14)5-7(9)4-8-2-1-3-15-8/h1-3,5-6H,4,14H2. The lowest BCUT2D eigenvalue weighted by atomic mass is 10.1. The Morgan fingerprint density at radius 1 is 1.40 bits per heavy atom. The highest BCUT2D eigenvalue weighted by molar-refractivity contribution is 7.09. The number of halogens is 2. The average Bonchev–Trinajstić information content (AvgIpc) is 2.67.